The van der Waals surface area contributed by atoms with E-state index in [1.54, 1.807) is 18.2 Å². The molecule has 1 aliphatic heterocycles. The Balaban J connectivity index is 1.91. The third kappa shape index (κ3) is 8.13. The number of aliphatic hydroxyl groups excluding tert-OH is 1. The van der Waals surface area contributed by atoms with Gasteiger partial charge in [-0.3, -0.25) is 25.0 Å². The highest BCUT2D eigenvalue weighted by molar-refractivity contribution is 7.90. The Bertz CT molecular complexity index is 1370. The molecular weight excluding hydrogens is 570 g/mol. The zero-order valence-electron chi connectivity index (χ0n) is 26.4. The summed E-state index contributed by atoms with van der Waals surface area (Å²) >= 11 is 0. The van der Waals surface area contributed by atoms with Crippen molar-refractivity contribution in [1.29, 1.82) is 0 Å². The molecule has 3 rings (SSSR count). The van der Waals surface area contributed by atoms with Crippen molar-refractivity contribution >= 4 is 27.7 Å². The summed E-state index contributed by atoms with van der Waals surface area (Å²) in [7, 11) is -4.15. The van der Waals surface area contributed by atoms with E-state index in [1.807, 2.05) is 55.4 Å². The average molecular weight is 618 g/mol. The zero-order chi connectivity index (χ0) is 32.5. The van der Waals surface area contributed by atoms with Gasteiger partial charge in [0.1, 0.15) is 11.6 Å². The first-order valence-corrected chi connectivity index (χ1v) is 16.1. The quantitative estimate of drug-likeness (QED) is 0.197. The van der Waals surface area contributed by atoms with Crippen LogP contribution in [0.3, 0.4) is 0 Å². The number of sulfonamides is 1. The Morgan fingerprint density at radius 3 is 2.12 bits per heavy atom. The maximum atomic E-state index is 14.2. The molecule has 43 heavy (non-hydrogen) atoms. The van der Waals surface area contributed by atoms with Gasteiger partial charge < -0.3 is 15.3 Å². The molecule has 2 fully saturated rings. The number of carbonyl (C=O) groups is 3. The second kappa shape index (κ2) is 12.5. The number of benzene rings is 1. The van der Waals surface area contributed by atoms with Crippen LogP contribution in [0.15, 0.2) is 53.1 Å². The highest BCUT2D eigenvalue weighted by Crippen LogP contribution is 2.40. The summed E-state index contributed by atoms with van der Waals surface area (Å²) in [6.45, 7) is 19.0. The van der Waals surface area contributed by atoms with E-state index in [9.17, 15) is 27.9 Å². The molecule has 5 N–H and O–H groups in total. The number of hydrogen-bond acceptors (Lipinski definition) is 8. The summed E-state index contributed by atoms with van der Waals surface area (Å²) in [6, 6.07) is 5.62. The number of likely N-dealkylation sites (tertiary alicyclic amines) is 1. The first kappa shape index (κ1) is 34.5. The molecule has 0 bridgehead atoms. The van der Waals surface area contributed by atoms with Crippen LogP contribution < -0.4 is 20.7 Å². The lowest BCUT2D eigenvalue weighted by atomic mass is 9.83. The fraction of sp³-hybridized carbons (Fsp3) is 0.613. The van der Waals surface area contributed by atoms with Crippen LogP contribution in [0.2, 0.25) is 0 Å². The van der Waals surface area contributed by atoms with E-state index in [2.05, 4.69) is 33.0 Å². The summed E-state index contributed by atoms with van der Waals surface area (Å²) in [4.78, 5) is 42.9. The third-order valence-corrected chi connectivity index (χ3v) is 9.10. The molecule has 1 heterocycles. The van der Waals surface area contributed by atoms with Gasteiger partial charge in [-0.05, 0) is 62.7 Å². The molecular formula is C31H47N5O6S. The van der Waals surface area contributed by atoms with Gasteiger partial charge in [0.25, 0.3) is 15.9 Å². The predicted molar refractivity (Wildman–Crippen MR) is 164 cm³/mol. The number of carbonyl (C=O) groups excluding carboxylic acids is 3. The van der Waals surface area contributed by atoms with E-state index in [4.69, 9.17) is 0 Å². The molecule has 4 unspecified atom stereocenters. The second-order valence-corrected chi connectivity index (χ2v) is 15.6. The molecule has 1 saturated heterocycles. The molecule has 1 aliphatic carbocycles. The maximum absolute atomic E-state index is 14.2. The minimum absolute atomic E-state index is 0.0671. The summed E-state index contributed by atoms with van der Waals surface area (Å²) in [5.41, 5.74) is 1.09. The van der Waals surface area contributed by atoms with E-state index >= 15 is 0 Å². The minimum atomic E-state index is -4.15. The first-order chi connectivity index (χ1) is 19.7. The van der Waals surface area contributed by atoms with Crippen molar-refractivity contribution in [3.8, 4) is 0 Å². The standard InChI is InChI=1S/C31H47N5O6S/c1-10-20-18-36(26(38)24(29(4,5)6)32-28(40)34-30(7,8)9)23(22(20)19(2)3)25(37)33-31(16-17-31)27(39)35-43(41,42)21-14-12-11-13-15-21/h11-15,19,22-24,28,32,34,40H,1,16-18H2,2-9H3,(H,33,37)(H,35,39). The Labute approximate surface area is 255 Å². The van der Waals surface area contributed by atoms with Crippen molar-refractivity contribution in [2.45, 2.75) is 103 Å². The second-order valence-electron chi connectivity index (χ2n) is 14.0. The number of aliphatic hydroxyl groups is 1. The molecule has 11 nitrogen and oxygen atoms in total. The highest BCUT2D eigenvalue weighted by atomic mass is 32.2. The molecule has 0 radical (unpaired) electrons. The lowest BCUT2D eigenvalue weighted by Crippen LogP contribution is -2.63. The smallest absolute Gasteiger partial charge is 0.264 e. The van der Waals surface area contributed by atoms with Crippen molar-refractivity contribution < 1.29 is 27.9 Å². The predicted octanol–water partition coefficient (Wildman–Crippen LogP) is 2.00. The maximum Gasteiger partial charge on any atom is 0.264 e. The van der Waals surface area contributed by atoms with Crippen LogP contribution in [0.5, 0.6) is 0 Å². The fourth-order valence-electron chi connectivity index (χ4n) is 5.42. The summed E-state index contributed by atoms with van der Waals surface area (Å²) in [5.74, 6) is -2.32. The normalized spacial score (nSPS) is 21.6. The molecule has 12 heteroatoms. The van der Waals surface area contributed by atoms with Gasteiger partial charge in [-0.15, -0.1) is 5.73 Å². The monoisotopic (exact) mass is 617 g/mol. The largest absolute Gasteiger partial charge is 0.365 e. The van der Waals surface area contributed by atoms with Crippen molar-refractivity contribution in [1.82, 2.24) is 25.6 Å². The Morgan fingerprint density at radius 1 is 1.07 bits per heavy atom. The first-order valence-electron chi connectivity index (χ1n) is 14.6. The van der Waals surface area contributed by atoms with Gasteiger partial charge in [-0.25, -0.2) is 13.1 Å². The summed E-state index contributed by atoms with van der Waals surface area (Å²) < 4.78 is 27.7. The Kier molecular flexibility index (Phi) is 10.0. The molecule has 0 aromatic heterocycles. The van der Waals surface area contributed by atoms with E-state index in [0.717, 1.165) is 0 Å². The number of nitrogens with zero attached hydrogens (tertiary/aromatic N) is 1. The molecule has 3 amide bonds. The van der Waals surface area contributed by atoms with E-state index in [1.165, 1.54) is 17.0 Å². The molecule has 1 aromatic carbocycles. The zero-order valence-corrected chi connectivity index (χ0v) is 27.3. The molecule has 238 valence electrons. The molecule has 1 saturated carbocycles. The average Bonchev–Trinajstić information content (AvgIpc) is 3.55. The molecule has 4 atom stereocenters. The molecule has 1 aromatic rings. The van der Waals surface area contributed by atoms with Crippen LogP contribution >= 0.6 is 0 Å². The SMILES string of the molecule is C=C=C1CN(C(=O)C(NC(O)NC(C)(C)C)C(C)(C)C)C(C(=O)NC2(C(=O)NS(=O)(=O)c3ccccc3)CC2)C1C(C)C. The van der Waals surface area contributed by atoms with Gasteiger partial charge in [0, 0.05) is 11.5 Å². The van der Waals surface area contributed by atoms with Gasteiger partial charge in [0.2, 0.25) is 11.8 Å². The molecule has 2 aliphatic rings. The van der Waals surface area contributed by atoms with Crippen LogP contribution in [0.1, 0.15) is 68.2 Å². The van der Waals surface area contributed by atoms with Gasteiger partial charge in [0.15, 0.2) is 6.35 Å². The summed E-state index contributed by atoms with van der Waals surface area (Å²) in [6.07, 6.45) is -0.699. The van der Waals surface area contributed by atoms with Crippen LogP contribution in [0.4, 0.5) is 0 Å². The van der Waals surface area contributed by atoms with Crippen molar-refractivity contribution in [2.75, 3.05) is 6.54 Å². The van der Waals surface area contributed by atoms with Crippen molar-refractivity contribution in [2.24, 2.45) is 17.3 Å². The van der Waals surface area contributed by atoms with Crippen LogP contribution in [0.25, 0.3) is 0 Å². The lowest BCUT2D eigenvalue weighted by molar-refractivity contribution is -0.145. The molecule has 0 spiro atoms. The topological polar surface area (TPSA) is 157 Å². The van der Waals surface area contributed by atoms with Crippen LogP contribution in [0, 0.1) is 17.3 Å². The van der Waals surface area contributed by atoms with Crippen molar-refractivity contribution in [3.63, 3.8) is 0 Å². The third-order valence-electron chi connectivity index (χ3n) is 7.75. The van der Waals surface area contributed by atoms with Gasteiger partial charge in [-0.2, -0.15) is 0 Å². The number of amides is 3. The summed E-state index contributed by atoms with van der Waals surface area (Å²) in [5, 5.41) is 19.5. The number of hydrogen-bond donors (Lipinski definition) is 5. The number of rotatable bonds is 10. The van der Waals surface area contributed by atoms with Crippen molar-refractivity contribution in [3.05, 3.63) is 48.2 Å². The Morgan fingerprint density at radius 2 is 1.65 bits per heavy atom. The Hall–Kier alpha value is -3.02. The van der Waals surface area contributed by atoms with Gasteiger partial charge in [-0.1, -0.05) is 59.4 Å². The van der Waals surface area contributed by atoms with Crippen LogP contribution in [-0.4, -0.2) is 72.2 Å². The fourth-order valence-corrected chi connectivity index (χ4v) is 6.49. The highest BCUT2D eigenvalue weighted by Gasteiger charge is 2.56. The van der Waals surface area contributed by atoms with E-state index in [-0.39, 0.29) is 30.2 Å². The van der Waals surface area contributed by atoms with Gasteiger partial charge >= 0.3 is 0 Å². The van der Waals surface area contributed by atoms with E-state index < -0.39 is 68.6 Å². The van der Waals surface area contributed by atoms with E-state index in [0.29, 0.717) is 5.57 Å². The van der Waals surface area contributed by atoms with Crippen LogP contribution in [-0.2, 0) is 24.4 Å². The number of nitrogens with one attached hydrogen (secondary N) is 4. The minimum Gasteiger partial charge on any atom is -0.365 e. The lowest BCUT2D eigenvalue weighted by Gasteiger charge is -2.38. The van der Waals surface area contributed by atoms with Gasteiger partial charge in [0.05, 0.1) is 17.5 Å².